The van der Waals surface area contributed by atoms with Gasteiger partial charge in [-0.1, -0.05) is 29.3 Å². The Morgan fingerprint density at radius 3 is 2.48 bits per heavy atom. The van der Waals surface area contributed by atoms with Crippen LogP contribution in [0.3, 0.4) is 0 Å². The van der Waals surface area contributed by atoms with Crippen molar-refractivity contribution in [2.45, 2.75) is 26.4 Å². The lowest BCUT2D eigenvalue weighted by molar-refractivity contribution is 0.00764. The Hall–Kier alpha value is -1.23. The molecule has 2 rings (SSSR count). The van der Waals surface area contributed by atoms with E-state index in [9.17, 15) is 4.79 Å². The van der Waals surface area contributed by atoms with Crippen LogP contribution in [0.25, 0.3) is 10.4 Å². The Balaban J connectivity index is 2.37. The number of esters is 1. The molecule has 2 aromatic rings. The minimum Gasteiger partial charge on any atom is -0.456 e. The molecule has 1 aromatic carbocycles. The van der Waals surface area contributed by atoms with Crippen molar-refractivity contribution in [2.24, 2.45) is 0 Å². The molecule has 1 heterocycles. The van der Waals surface area contributed by atoms with Crippen molar-refractivity contribution in [1.82, 2.24) is 0 Å². The first-order chi connectivity index (χ1) is 9.67. The lowest BCUT2D eigenvalue weighted by atomic mass is 10.2. The average Bonchev–Trinajstić information content (AvgIpc) is 2.68. The van der Waals surface area contributed by atoms with E-state index < -0.39 is 11.6 Å². The molecule has 3 nitrogen and oxygen atoms in total. The number of hydrogen-bond donors (Lipinski definition) is 1. The quantitative estimate of drug-likeness (QED) is 0.756. The van der Waals surface area contributed by atoms with Gasteiger partial charge < -0.3 is 10.5 Å². The topological polar surface area (TPSA) is 52.3 Å². The maximum Gasteiger partial charge on any atom is 0.350 e. The molecule has 0 amide bonds. The van der Waals surface area contributed by atoms with Gasteiger partial charge in [0.05, 0.1) is 10.7 Å². The number of thiophene rings is 1. The first kappa shape index (κ1) is 16.1. The first-order valence-electron chi connectivity index (χ1n) is 6.25. The van der Waals surface area contributed by atoms with Crippen molar-refractivity contribution < 1.29 is 9.53 Å². The highest BCUT2D eigenvalue weighted by Crippen LogP contribution is 2.38. The van der Waals surface area contributed by atoms with Crippen LogP contribution in [0, 0.1) is 0 Å². The molecule has 2 N–H and O–H groups in total. The third-order valence-electron chi connectivity index (χ3n) is 2.54. The Morgan fingerprint density at radius 2 is 1.90 bits per heavy atom. The average molecular weight is 344 g/mol. The van der Waals surface area contributed by atoms with Crippen molar-refractivity contribution >= 4 is 46.2 Å². The Morgan fingerprint density at radius 1 is 1.24 bits per heavy atom. The monoisotopic (exact) mass is 343 g/mol. The molecule has 0 radical (unpaired) electrons. The number of carbonyl (C=O) groups excluding carboxylic acids is 1. The van der Waals surface area contributed by atoms with Crippen LogP contribution in [-0.4, -0.2) is 11.6 Å². The highest BCUT2D eigenvalue weighted by molar-refractivity contribution is 7.18. The van der Waals surface area contributed by atoms with E-state index >= 15 is 0 Å². The van der Waals surface area contributed by atoms with Crippen molar-refractivity contribution in [3.05, 3.63) is 39.2 Å². The van der Waals surface area contributed by atoms with Crippen LogP contribution in [-0.2, 0) is 4.74 Å². The van der Waals surface area contributed by atoms with Gasteiger partial charge in [0, 0.05) is 15.5 Å². The summed E-state index contributed by atoms with van der Waals surface area (Å²) in [6.07, 6.45) is 0. The number of nitrogens with two attached hydrogens (primary N) is 1. The largest absolute Gasteiger partial charge is 0.456 e. The number of benzene rings is 1. The van der Waals surface area contributed by atoms with Gasteiger partial charge in [0.25, 0.3) is 0 Å². The molecule has 0 saturated heterocycles. The molecule has 0 aliphatic carbocycles. The molecule has 0 saturated carbocycles. The van der Waals surface area contributed by atoms with E-state index in [4.69, 9.17) is 33.7 Å². The number of hydrogen-bond acceptors (Lipinski definition) is 4. The Bertz CT molecular complexity index is 689. The third-order valence-corrected chi connectivity index (χ3v) is 4.25. The van der Waals surface area contributed by atoms with Crippen LogP contribution in [0.5, 0.6) is 0 Å². The summed E-state index contributed by atoms with van der Waals surface area (Å²) in [6, 6.07) is 6.92. The highest BCUT2D eigenvalue weighted by Gasteiger charge is 2.22. The zero-order chi connectivity index (χ0) is 15.8. The normalized spacial score (nSPS) is 11.5. The third kappa shape index (κ3) is 3.90. The van der Waals surface area contributed by atoms with Crippen LogP contribution in [0.15, 0.2) is 24.3 Å². The summed E-state index contributed by atoms with van der Waals surface area (Å²) in [4.78, 5) is 13.3. The van der Waals surface area contributed by atoms with E-state index in [1.165, 1.54) is 11.3 Å². The number of carbonyl (C=O) groups is 1. The van der Waals surface area contributed by atoms with Gasteiger partial charge in [0.15, 0.2) is 0 Å². The van der Waals surface area contributed by atoms with Gasteiger partial charge in [-0.25, -0.2) is 4.79 Å². The van der Waals surface area contributed by atoms with E-state index in [-0.39, 0.29) is 0 Å². The first-order valence-corrected chi connectivity index (χ1v) is 7.83. The summed E-state index contributed by atoms with van der Waals surface area (Å²) in [6.45, 7) is 5.43. The summed E-state index contributed by atoms with van der Waals surface area (Å²) in [7, 11) is 0. The number of anilines is 1. The Kier molecular flexibility index (Phi) is 4.51. The van der Waals surface area contributed by atoms with Crippen LogP contribution in [0.4, 0.5) is 5.69 Å². The zero-order valence-electron chi connectivity index (χ0n) is 11.9. The van der Waals surface area contributed by atoms with Gasteiger partial charge in [0.2, 0.25) is 0 Å². The van der Waals surface area contributed by atoms with Crippen molar-refractivity contribution in [2.75, 3.05) is 5.73 Å². The molecule has 112 valence electrons. The zero-order valence-corrected chi connectivity index (χ0v) is 14.2. The van der Waals surface area contributed by atoms with E-state index in [0.717, 1.165) is 10.4 Å². The van der Waals surface area contributed by atoms with Gasteiger partial charge in [-0.05, 0) is 39.0 Å². The number of rotatable bonds is 2. The number of ether oxygens (including phenoxy) is 1. The van der Waals surface area contributed by atoms with Gasteiger partial charge in [-0.3, -0.25) is 0 Å². The van der Waals surface area contributed by atoms with Crippen molar-refractivity contribution in [1.29, 1.82) is 0 Å². The van der Waals surface area contributed by atoms with Crippen LogP contribution >= 0.6 is 34.5 Å². The smallest absolute Gasteiger partial charge is 0.350 e. The molecule has 0 aliphatic heterocycles. The van der Waals surface area contributed by atoms with E-state index in [2.05, 4.69) is 0 Å². The second kappa shape index (κ2) is 5.87. The summed E-state index contributed by atoms with van der Waals surface area (Å²) in [5, 5.41) is 1.07. The molecule has 0 bridgehead atoms. The predicted molar refractivity (Wildman–Crippen MR) is 89.4 cm³/mol. The van der Waals surface area contributed by atoms with E-state index in [1.807, 2.05) is 20.8 Å². The minimum atomic E-state index is -0.564. The predicted octanol–water partition coefficient (Wildman–Crippen LogP) is 5.26. The number of nitrogen functional groups attached to an aromatic ring is 1. The van der Waals surface area contributed by atoms with Gasteiger partial charge in [0.1, 0.15) is 10.5 Å². The fraction of sp³-hybridized carbons (Fsp3) is 0.267. The molecular formula is C15H15Cl2NO2S. The highest BCUT2D eigenvalue weighted by atomic mass is 35.5. The molecule has 0 atom stereocenters. The van der Waals surface area contributed by atoms with Crippen molar-refractivity contribution in [3.8, 4) is 10.4 Å². The molecule has 21 heavy (non-hydrogen) atoms. The molecule has 0 aliphatic rings. The van der Waals surface area contributed by atoms with Crippen molar-refractivity contribution in [3.63, 3.8) is 0 Å². The van der Waals surface area contributed by atoms with E-state index in [1.54, 1.807) is 24.3 Å². The fourth-order valence-electron chi connectivity index (χ4n) is 1.71. The summed E-state index contributed by atoms with van der Waals surface area (Å²) in [5.41, 5.74) is 6.52. The minimum absolute atomic E-state index is 0.381. The van der Waals surface area contributed by atoms with Gasteiger partial charge >= 0.3 is 5.97 Å². The Labute approximate surface area is 137 Å². The second-order valence-electron chi connectivity index (χ2n) is 5.52. The van der Waals surface area contributed by atoms with Crippen LogP contribution in [0.1, 0.15) is 30.4 Å². The molecule has 0 fully saturated rings. The summed E-state index contributed by atoms with van der Waals surface area (Å²) >= 11 is 13.3. The lowest BCUT2D eigenvalue weighted by Gasteiger charge is -2.18. The standard InChI is InChI=1S/C15H15Cl2NO2S/c1-15(2,3)20-14(19)13-11(18)7-12(21-13)9-5-4-8(16)6-10(9)17/h4-7H,18H2,1-3H3. The van der Waals surface area contributed by atoms with Crippen LogP contribution < -0.4 is 5.73 Å². The van der Waals surface area contributed by atoms with Crippen LogP contribution in [0.2, 0.25) is 10.0 Å². The second-order valence-corrected chi connectivity index (χ2v) is 7.42. The van der Waals surface area contributed by atoms with Gasteiger partial charge in [-0.2, -0.15) is 0 Å². The number of halogens is 2. The maximum absolute atomic E-state index is 12.1. The van der Waals surface area contributed by atoms with Gasteiger partial charge in [-0.15, -0.1) is 11.3 Å². The molecular weight excluding hydrogens is 329 g/mol. The molecule has 0 spiro atoms. The SMILES string of the molecule is CC(C)(C)OC(=O)c1sc(-c2ccc(Cl)cc2Cl)cc1N. The summed E-state index contributed by atoms with van der Waals surface area (Å²) < 4.78 is 5.34. The molecule has 1 aromatic heterocycles. The summed E-state index contributed by atoms with van der Waals surface area (Å²) in [5.74, 6) is -0.429. The lowest BCUT2D eigenvalue weighted by Crippen LogP contribution is -2.23. The van der Waals surface area contributed by atoms with E-state index in [0.29, 0.717) is 20.6 Å². The maximum atomic E-state index is 12.1. The molecule has 6 heteroatoms. The molecule has 0 unspecified atom stereocenters. The fourth-order valence-corrected chi connectivity index (χ4v) is 3.27.